The fourth-order valence-electron chi connectivity index (χ4n) is 2.36. The standard InChI is InChI=1S/C13H25N3O2/c1-9(2)11(14)7-13(18)16(8-12(15)17)10-5-3-4-6-10/h9-11H,3-8,14H2,1-2H3,(H2,15,17). The monoisotopic (exact) mass is 255 g/mol. The molecule has 2 amide bonds. The molecule has 0 aromatic rings. The summed E-state index contributed by atoms with van der Waals surface area (Å²) in [4.78, 5) is 24.9. The Balaban J connectivity index is 2.63. The average molecular weight is 255 g/mol. The first-order chi connectivity index (χ1) is 8.41. The van der Waals surface area contributed by atoms with Crippen molar-refractivity contribution in [3.05, 3.63) is 0 Å². The molecule has 1 aliphatic rings. The van der Waals surface area contributed by atoms with E-state index >= 15 is 0 Å². The molecule has 0 heterocycles. The molecule has 1 fully saturated rings. The minimum Gasteiger partial charge on any atom is -0.368 e. The van der Waals surface area contributed by atoms with Gasteiger partial charge in [0, 0.05) is 18.5 Å². The number of nitrogens with zero attached hydrogens (tertiary/aromatic N) is 1. The Morgan fingerprint density at radius 3 is 2.28 bits per heavy atom. The second-order valence-electron chi connectivity index (χ2n) is 5.54. The molecule has 1 aliphatic carbocycles. The van der Waals surface area contributed by atoms with E-state index in [0.29, 0.717) is 6.42 Å². The largest absolute Gasteiger partial charge is 0.368 e. The molecular formula is C13H25N3O2. The number of primary amides is 1. The van der Waals surface area contributed by atoms with Gasteiger partial charge in [0.05, 0.1) is 6.54 Å². The maximum absolute atomic E-state index is 12.2. The summed E-state index contributed by atoms with van der Waals surface area (Å²) in [5, 5.41) is 0. The molecule has 104 valence electrons. The average Bonchev–Trinajstić information content (AvgIpc) is 2.78. The number of carbonyl (C=O) groups excluding carboxylic acids is 2. The fraction of sp³-hybridized carbons (Fsp3) is 0.846. The molecule has 0 radical (unpaired) electrons. The Morgan fingerprint density at radius 1 is 1.28 bits per heavy atom. The quantitative estimate of drug-likeness (QED) is 0.729. The Hall–Kier alpha value is -1.10. The van der Waals surface area contributed by atoms with Crippen molar-refractivity contribution >= 4 is 11.8 Å². The third-order valence-electron chi connectivity index (χ3n) is 3.68. The molecule has 4 N–H and O–H groups in total. The van der Waals surface area contributed by atoms with Crippen LogP contribution in [0.25, 0.3) is 0 Å². The molecule has 1 saturated carbocycles. The van der Waals surface area contributed by atoms with Crippen molar-refractivity contribution in [2.24, 2.45) is 17.4 Å². The molecule has 5 heteroatoms. The number of carbonyl (C=O) groups is 2. The molecule has 0 aromatic carbocycles. The van der Waals surface area contributed by atoms with Crippen LogP contribution in [0, 0.1) is 5.92 Å². The normalized spacial score (nSPS) is 18.0. The van der Waals surface area contributed by atoms with Crippen LogP contribution < -0.4 is 11.5 Å². The van der Waals surface area contributed by atoms with E-state index in [1.165, 1.54) is 0 Å². The predicted octanol–water partition coefficient (Wildman–Crippen LogP) is 0.616. The summed E-state index contributed by atoms with van der Waals surface area (Å²) in [6, 6.07) is 0.0126. The van der Waals surface area contributed by atoms with Gasteiger partial charge < -0.3 is 16.4 Å². The van der Waals surface area contributed by atoms with E-state index < -0.39 is 5.91 Å². The van der Waals surface area contributed by atoms with Crippen molar-refractivity contribution in [1.82, 2.24) is 4.90 Å². The lowest BCUT2D eigenvalue weighted by molar-refractivity contribution is -0.137. The van der Waals surface area contributed by atoms with E-state index in [2.05, 4.69) is 0 Å². The van der Waals surface area contributed by atoms with Crippen molar-refractivity contribution in [2.75, 3.05) is 6.54 Å². The summed E-state index contributed by atoms with van der Waals surface area (Å²) in [7, 11) is 0. The minimum absolute atomic E-state index is 0.0221. The van der Waals surface area contributed by atoms with Crippen molar-refractivity contribution in [2.45, 2.75) is 58.0 Å². The van der Waals surface area contributed by atoms with Crippen molar-refractivity contribution in [3.8, 4) is 0 Å². The first-order valence-corrected chi connectivity index (χ1v) is 6.75. The lowest BCUT2D eigenvalue weighted by Crippen LogP contribution is -2.46. The van der Waals surface area contributed by atoms with Crippen LogP contribution in [0.4, 0.5) is 0 Å². The van der Waals surface area contributed by atoms with Crippen LogP contribution in [0.5, 0.6) is 0 Å². The van der Waals surface area contributed by atoms with Crippen LogP contribution in [0.3, 0.4) is 0 Å². The first-order valence-electron chi connectivity index (χ1n) is 6.75. The highest BCUT2D eigenvalue weighted by molar-refractivity contribution is 5.84. The lowest BCUT2D eigenvalue weighted by atomic mass is 10.0. The van der Waals surface area contributed by atoms with Crippen LogP contribution in [0.1, 0.15) is 46.0 Å². The number of hydrogen-bond acceptors (Lipinski definition) is 3. The highest BCUT2D eigenvalue weighted by atomic mass is 16.2. The second kappa shape index (κ2) is 6.73. The second-order valence-corrected chi connectivity index (χ2v) is 5.54. The van der Waals surface area contributed by atoms with E-state index in [1.807, 2.05) is 13.8 Å². The molecule has 18 heavy (non-hydrogen) atoms. The van der Waals surface area contributed by atoms with Gasteiger partial charge in [-0.25, -0.2) is 0 Å². The molecule has 0 aromatic heterocycles. The highest BCUT2D eigenvalue weighted by Crippen LogP contribution is 2.24. The van der Waals surface area contributed by atoms with Crippen molar-refractivity contribution in [3.63, 3.8) is 0 Å². The zero-order chi connectivity index (χ0) is 13.7. The molecule has 0 aliphatic heterocycles. The van der Waals surface area contributed by atoms with Gasteiger partial charge in [-0.2, -0.15) is 0 Å². The van der Waals surface area contributed by atoms with Gasteiger partial charge in [-0.3, -0.25) is 9.59 Å². The molecule has 1 unspecified atom stereocenters. The number of amides is 2. The van der Waals surface area contributed by atoms with Crippen LogP contribution in [0.15, 0.2) is 0 Å². The molecule has 0 spiro atoms. The number of hydrogen-bond donors (Lipinski definition) is 2. The first kappa shape index (κ1) is 15.0. The Labute approximate surface area is 109 Å². The molecule has 1 atom stereocenters. The third kappa shape index (κ3) is 4.29. The summed E-state index contributed by atoms with van der Waals surface area (Å²) in [5.41, 5.74) is 11.1. The van der Waals surface area contributed by atoms with Crippen LogP contribution in [-0.2, 0) is 9.59 Å². The van der Waals surface area contributed by atoms with E-state index in [9.17, 15) is 9.59 Å². The Bertz CT molecular complexity index is 299. The molecule has 0 saturated heterocycles. The van der Waals surface area contributed by atoms with Crippen LogP contribution in [0.2, 0.25) is 0 Å². The maximum atomic E-state index is 12.2. The molecule has 5 nitrogen and oxygen atoms in total. The summed E-state index contributed by atoms with van der Waals surface area (Å²) in [6.07, 6.45) is 4.46. The summed E-state index contributed by atoms with van der Waals surface area (Å²) in [6.45, 7) is 4.01. The van der Waals surface area contributed by atoms with Crippen molar-refractivity contribution in [1.29, 1.82) is 0 Å². The summed E-state index contributed by atoms with van der Waals surface area (Å²) >= 11 is 0. The topological polar surface area (TPSA) is 89.4 Å². The number of rotatable bonds is 6. The Morgan fingerprint density at radius 2 is 1.83 bits per heavy atom. The summed E-state index contributed by atoms with van der Waals surface area (Å²) < 4.78 is 0. The van der Waals surface area contributed by atoms with Crippen LogP contribution >= 0.6 is 0 Å². The number of nitrogens with two attached hydrogens (primary N) is 2. The van der Waals surface area contributed by atoms with E-state index in [1.54, 1.807) is 4.90 Å². The molecule has 0 bridgehead atoms. The van der Waals surface area contributed by atoms with E-state index in [-0.39, 0.29) is 30.5 Å². The summed E-state index contributed by atoms with van der Waals surface area (Å²) in [5.74, 6) is -0.233. The van der Waals surface area contributed by atoms with Gasteiger partial charge in [-0.05, 0) is 18.8 Å². The predicted molar refractivity (Wildman–Crippen MR) is 70.6 cm³/mol. The van der Waals surface area contributed by atoms with Gasteiger partial charge in [0.15, 0.2) is 0 Å². The molecule has 1 rings (SSSR count). The van der Waals surface area contributed by atoms with Gasteiger partial charge in [0.25, 0.3) is 0 Å². The van der Waals surface area contributed by atoms with Gasteiger partial charge in [-0.1, -0.05) is 26.7 Å². The smallest absolute Gasteiger partial charge is 0.237 e. The van der Waals surface area contributed by atoms with E-state index in [0.717, 1.165) is 25.7 Å². The maximum Gasteiger partial charge on any atom is 0.237 e. The van der Waals surface area contributed by atoms with Gasteiger partial charge in [-0.15, -0.1) is 0 Å². The molecular weight excluding hydrogens is 230 g/mol. The fourth-order valence-corrected chi connectivity index (χ4v) is 2.36. The van der Waals surface area contributed by atoms with Gasteiger partial charge in [0.1, 0.15) is 0 Å². The lowest BCUT2D eigenvalue weighted by Gasteiger charge is -2.29. The van der Waals surface area contributed by atoms with Crippen molar-refractivity contribution < 1.29 is 9.59 Å². The zero-order valence-electron chi connectivity index (χ0n) is 11.4. The SMILES string of the molecule is CC(C)C(N)CC(=O)N(CC(N)=O)C1CCCC1. The third-order valence-corrected chi connectivity index (χ3v) is 3.68. The highest BCUT2D eigenvalue weighted by Gasteiger charge is 2.28. The van der Waals surface area contributed by atoms with Gasteiger partial charge >= 0.3 is 0 Å². The van der Waals surface area contributed by atoms with Crippen LogP contribution in [-0.4, -0.2) is 35.3 Å². The Kier molecular flexibility index (Phi) is 5.59. The van der Waals surface area contributed by atoms with Gasteiger partial charge in [0.2, 0.25) is 11.8 Å². The van der Waals surface area contributed by atoms with E-state index in [4.69, 9.17) is 11.5 Å². The minimum atomic E-state index is -0.451. The zero-order valence-corrected chi connectivity index (χ0v) is 11.4.